The van der Waals surface area contributed by atoms with Crippen LogP contribution >= 0.6 is 28.1 Å². The largest absolute Gasteiger partial charge is 0.493 e. The van der Waals surface area contributed by atoms with Crippen LogP contribution in [-0.4, -0.2) is 41.8 Å². The first-order chi connectivity index (χ1) is 14.0. The summed E-state index contributed by atoms with van der Waals surface area (Å²) in [6.45, 7) is 2.60. The first-order valence-electron chi connectivity index (χ1n) is 8.99. The molecule has 0 aliphatic heterocycles. The molecule has 4 N–H and O–H groups in total. The van der Waals surface area contributed by atoms with Gasteiger partial charge in [0.05, 0.1) is 23.4 Å². The number of hydrogen-bond donors (Lipinski definition) is 4. The molecule has 2 aromatic carbocycles. The summed E-state index contributed by atoms with van der Waals surface area (Å²) < 4.78 is 6.23. The van der Waals surface area contributed by atoms with Crippen molar-refractivity contribution in [2.75, 3.05) is 25.1 Å². The van der Waals surface area contributed by atoms with Crippen molar-refractivity contribution in [3.8, 4) is 5.75 Å². The van der Waals surface area contributed by atoms with Crippen LogP contribution < -0.4 is 20.7 Å². The highest BCUT2D eigenvalue weighted by Crippen LogP contribution is 2.23. The molecule has 29 heavy (non-hydrogen) atoms. The first kappa shape index (κ1) is 22.8. The van der Waals surface area contributed by atoms with Crippen LogP contribution in [0.25, 0.3) is 0 Å². The van der Waals surface area contributed by atoms with E-state index in [9.17, 15) is 9.59 Å². The van der Waals surface area contributed by atoms with E-state index in [1.54, 1.807) is 42.5 Å². The second-order valence-electron chi connectivity index (χ2n) is 5.86. The molecule has 7 nitrogen and oxygen atoms in total. The normalized spacial score (nSPS) is 10.2. The average molecular weight is 480 g/mol. The van der Waals surface area contributed by atoms with Gasteiger partial charge in [0.2, 0.25) is 0 Å². The Morgan fingerprint density at radius 3 is 2.62 bits per heavy atom. The first-order valence-corrected chi connectivity index (χ1v) is 10.2. The van der Waals surface area contributed by atoms with Crippen molar-refractivity contribution in [3.63, 3.8) is 0 Å². The Bertz CT molecular complexity index is 892. The Balaban J connectivity index is 2.09. The van der Waals surface area contributed by atoms with Crippen molar-refractivity contribution in [2.24, 2.45) is 0 Å². The third kappa shape index (κ3) is 6.81. The van der Waals surface area contributed by atoms with E-state index in [0.29, 0.717) is 42.1 Å². The highest BCUT2D eigenvalue weighted by Gasteiger charge is 2.16. The molecule has 0 aromatic heterocycles. The molecular formula is C20H22BrN3O4S. The molecule has 0 radical (unpaired) electrons. The summed E-state index contributed by atoms with van der Waals surface area (Å²) in [6, 6.07) is 11.9. The molecule has 0 saturated carbocycles. The van der Waals surface area contributed by atoms with Gasteiger partial charge in [-0.15, -0.1) is 0 Å². The van der Waals surface area contributed by atoms with Gasteiger partial charge in [-0.1, -0.05) is 28.1 Å². The van der Waals surface area contributed by atoms with E-state index < -0.39 is 5.91 Å². The van der Waals surface area contributed by atoms with Gasteiger partial charge in [-0.25, -0.2) is 0 Å². The van der Waals surface area contributed by atoms with Crippen molar-refractivity contribution in [2.45, 2.75) is 13.3 Å². The number of para-hydroxylation sites is 1. The zero-order valence-corrected chi connectivity index (χ0v) is 18.2. The Hall–Kier alpha value is -2.49. The monoisotopic (exact) mass is 479 g/mol. The molecule has 0 aliphatic rings. The van der Waals surface area contributed by atoms with Gasteiger partial charge in [-0.2, -0.15) is 0 Å². The number of ether oxygens (including phenoxy) is 1. The summed E-state index contributed by atoms with van der Waals surface area (Å²) in [5, 5.41) is 17.1. The predicted molar refractivity (Wildman–Crippen MR) is 119 cm³/mol. The van der Waals surface area contributed by atoms with Gasteiger partial charge < -0.3 is 20.5 Å². The zero-order chi connectivity index (χ0) is 21.2. The fourth-order valence-corrected chi connectivity index (χ4v) is 3.02. The second-order valence-corrected chi connectivity index (χ2v) is 7.18. The summed E-state index contributed by atoms with van der Waals surface area (Å²) >= 11 is 8.59. The molecule has 0 fully saturated rings. The van der Waals surface area contributed by atoms with Crippen LogP contribution in [0.4, 0.5) is 5.69 Å². The fourth-order valence-electron chi connectivity index (χ4n) is 2.45. The standard InChI is InChI=1S/C20H22BrN3O4S/c1-2-28-17-9-8-13(21)12-15(17)19(27)24-20(29)23-16-7-4-3-6-14(16)18(26)22-10-5-11-25/h3-4,6-9,12,25H,2,5,10-11H2,1H3,(H,22,26)(H2,23,24,27,29). The van der Waals surface area contributed by atoms with E-state index in [1.807, 2.05) is 6.92 Å². The van der Waals surface area contributed by atoms with Crippen LogP contribution in [0.3, 0.4) is 0 Å². The van der Waals surface area contributed by atoms with E-state index in [1.165, 1.54) is 0 Å². The highest BCUT2D eigenvalue weighted by molar-refractivity contribution is 9.10. The minimum Gasteiger partial charge on any atom is -0.493 e. The van der Waals surface area contributed by atoms with E-state index in [2.05, 4.69) is 31.9 Å². The molecule has 154 valence electrons. The van der Waals surface area contributed by atoms with Gasteiger partial charge in [-0.3, -0.25) is 14.9 Å². The van der Waals surface area contributed by atoms with Crippen LogP contribution in [0.5, 0.6) is 5.75 Å². The Labute approximate surface area is 183 Å². The van der Waals surface area contributed by atoms with Crippen LogP contribution in [0.15, 0.2) is 46.9 Å². The number of rotatable bonds is 8. The van der Waals surface area contributed by atoms with Gasteiger partial charge in [0.25, 0.3) is 11.8 Å². The molecule has 2 aromatic rings. The lowest BCUT2D eigenvalue weighted by molar-refractivity contribution is 0.0949. The molecule has 2 amide bonds. The minimum atomic E-state index is -0.433. The molecule has 0 atom stereocenters. The lowest BCUT2D eigenvalue weighted by Crippen LogP contribution is -2.35. The summed E-state index contributed by atoms with van der Waals surface area (Å²) in [4.78, 5) is 25.0. The summed E-state index contributed by atoms with van der Waals surface area (Å²) in [5.74, 6) is -0.293. The molecule has 0 unspecified atom stereocenters. The minimum absolute atomic E-state index is 0.00434. The number of amides is 2. The summed E-state index contributed by atoms with van der Waals surface area (Å²) in [7, 11) is 0. The van der Waals surface area contributed by atoms with Crippen molar-refractivity contribution in [3.05, 3.63) is 58.1 Å². The molecule has 0 heterocycles. The fraction of sp³-hybridized carbons (Fsp3) is 0.250. The maximum absolute atomic E-state index is 12.6. The average Bonchev–Trinajstić information content (AvgIpc) is 2.69. The molecule has 0 spiro atoms. The number of nitrogens with one attached hydrogen (secondary N) is 3. The number of anilines is 1. The Kier molecular flexibility index (Phi) is 9.04. The van der Waals surface area contributed by atoms with Gasteiger partial charge in [-0.05, 0) is 55.9 Å². The smallest absolute Gasteiger partial charge is 0.261 e. The lowest BCUT2D eigenvalue weighted by Gasteiger charge is -2.15. The third-order valence-electron chi connectivity index (χ3n) is 3.75. The number of benzene rings is 2. The number of aliphatic hydroxyl groups excluding tert-OH is 1. The Morgan fingerprint density at radius 1 is 1.14 bits per heavy atom. The van der Waals surface area contributed by atoms with Gasteiger partial charge in [0, 0.05) is 17.6 Å². The number of aliphatic hydroxyl groups is 1. The highest BCUT2D eigenvalue weighted by atomic mass is 79.9. The molecule has 0 bridgehead atoms. The van der Waals surface area contributed by atoms with Crippen molar-refractivity contribution in [1.29, 1.82) is 0 Å². The molecule has 9 heteroatoms. The lowest BCUT2D eigenvalue weighted by atomic mass is 10.1. The number of carbonyl (C=O) groups is 2. The molecule has 0 aliphatic carbocycles. The maximum atomic E-state index is 12.6. The van der Waals surface area contributed by atoms with Gasteiger partial charge in [0.15, 0.2) is 5.11 Å². The van der Waals surface area contributed by atoms with Gasteiger partial charge in [0.1, 0.15) is 5.75 Å². The van der Waals surface area contributed by atoms with E-state index in [4.69, 9.17) is 22.1 Å². The molecular weight excluding hydrogens is 458 g/mol. The van der Waals surface area contributed by atoms with E-state index >= 15 is 0 Å². The van der Waals surface area contributed by atoms with E-state index in [0.717, 1.165) is 4.47 Å². The topological polar surface area (TPSA) is 99.7 Å². The van der Waals surface area contributed by atoms with E-state index in [-0.39, 0.29) is 17.6 Å². The summed E-state index contributed by atoms with van der Waals surface area (Å²) in [5.41, 5.74) is 1.17. The van der Waals surface area contributed by atoms with Crippen molar-refractivity contribution < 1.29 is 19.4 Å². The number of thiocarbonyl (C=S) groups is 1. The number of hydrogen-bond acceptors (Lipinski definition) is 5. The van der Waals surface area contributed by atoms with Crippen molar-refractivity contribution >= 4 is 50.8 Å². The SMILES string of the molecule is CCOc1ccc(Br)cc1C(=O)NC(=S)Nc1ccccc1C(=O)NCCCO. The summed E-state index contributed by atoms with van der Waals surface area (Å²) in [6.07, 6.45) is 0.463. The number of carbonyl (C=O) groups excluding carboxylic acids is 2. The molecule has 0 saturated heterocycles. The van der Waals surface area contributed by atoms with Crippen LogP contribution in [0, 0.1) is 0 Å². The third-order valence-corrected chi connectivity index (χ3v) is 4.45. The molecule has 2 rings (SSSR count). The van der Waals surface area contributed by atoms with Crippen molar-refractivity contribution in [1.82, 2.24) is 10.6 Å². The van der Waals surface area contributed by atoms with Crippen LogP contribution in [0.2, 0.25) is 0 Å². The number of halogens is 1. The maximum Gasteiger partial charge on any atom is 0.261 e. The van der Waals surface area contributed by atoms with Crippen LogP contribution in [-0.2, 0) is 0 Å². The zero-order valence-electron chi connectivity index (χ0n) is 15.8. The van der Waals surface area contributed by atoms with Crippen LogP contribution in [0.1, 0.15) is 34.1 Å². The second kappa shape index (κ2) is 11.5. The van der Waals surface area contributed by atoms with Gasteiger partial charge >= 0.3 is 0 Å². The Morgan fingerprint density at radius 2 is 1.90 bits per heavy atom. The predicted octanol–water partition coefficient (Wildman–Crippen LogP) is 3.09. The quantitative estimate of drug-likeness (QED) is 0.343.